The number of nitro groups is 1. The van der Waals surface area contributed by atoms with E-state index in [0.717, 1.165) is 31.5 Å². The standard InChI is InChI=1S/C14H16FN3O3/c15-10-1-2-11(13(7-10)18(20)21)14(19)17-6-4-12-9(8-17)3-5-16-12/h1-2,7,9,12,16H,3-6,8H2. The molecule has 2 saturated heterocycles. The largest absolute Gasteiger partial charge is 0.338 e. The second-order valence-electron chi connectivity index (χ2n) is 5.57. The molecular formula is C14H16FN3O3. The van der Waals surface area contributed by atoms with E-state index < -0.39 is 16.4 Å². The van der Waals surface area contributed by atoms with Crippen LogP contribution in [0.4, 0.5) is 10.1 Å². The van der Waals surface area contributed by atoms with Gasteiger partial charge < -0.3 is 10.2 Å². The highest BCUT2D eigenvalue weighted by Crippen LogP contribution is 2.28. The van der Waals surface area contributed by atoms with Gasteiger partial charge in [-0.15, -0.1) is 0 Å². The number of nitrogens with one attached hydrogen (secondary N) is 1. The Morgan fingerprint density at radius 1 is 1.43 bits per heavy atom. The van der Waals surface area contributed by atoms with Crippen molar-refractivity contribution < 1.29 is 14.1 Å². The monoisotopic (exact) mass is 293 g/mol. The van der Waals surface area contributed by atoms with Gasteiger partial charge in [0, 0.05) is 19.1 Å². The van der Waals surface area contributed by atoms with Crippen LogP contribution in [0.25, 0.3) is 0 Å². The van der Waals surface area contributed by atoms with Gasteiger partial charge in [-0.25, -0.2) is 4.39 Å². The Morgan fingerprint density at radius 3 is 3.00 bits per heavy atom. The highest BCUT2D eigenvalue weighted by molar-refractivity contribution is 5.98. The van der Waals surface area contributed by atoms with Crippen LogP contribution in [0.5, 0.6) is 0 Å². The SMILES string of the molecule is O=C(c1ccc(F)cc1[N+](=O)[O-])N1CCC2NCCC2C1. The molecule has 0 aromatic heterocycles. The van der Waals surface area contributed by atoms with Crippen molar-refractivity contribution >= 4 is 11.6 Å². The van der Waals surface area contributed by atoms with Gasteiger partial charge in [0.05, 0.1) is 11.0 Å². The molecule has 112 valence electrons. The Hall–Kier alpha value is -2.02. The molecule has 2 aliphatic heterocycles. The van der Waals surface area contributed by atoms with Crippen molar-refractivity contribution in [1.82, 2.24) is 10.2 Å². The summed E-state index contributed by atoms with van der Waals surface area (Å²) in [5.41, 5.74) is -0.502. The summed E-state index contributed by atoms with van der Waals surface area (Å²) in [4.78, 5) is 24.4. The Bertz CT molecular complexity index is 593. The van der Waals surface area contributed by atoms with Gasteiger partial charge >= 0.3 is 0 Å². The molecule has 1 aromatic carbocycles. The first-order valence-corrected chi connectivity index (χ1v) is 7.03. The van der Waals surface area contributed by atoms with Gasteiger partial charge in [0.1, 0.15) is 11.4 Å². The number of likely N-dealkylation sites (tertiary alicyclic amines) is 1. The third kappa shape index (κ3) is 2.61. The van der Waals surface area contributed by atoms with Crippen molar-refractivity contribution in [3.63, 3.8) is 0 Å². The Balaban J connectivity index is 1.83. The molecule has 6 nitrogen and oxygen atoms in total. The number of fused-ring (bicyclic) bond motifs is 1. The average Bonchev–Trinajstić information content (AvgIpc) is 2.93. The predicted molar refractivity (Wildman–Crippen MR) is 73.5 cm³/mol. The molecule has 3 rings (SSSR count). The number of amides is 1. The fraction of sp³-hybridized carbons (Fsp3) is 0.500. The van der Waals surface area contributed by atoms with E-state index in [-0.39, 0.29) is 11.5 Å². The maximum Gasteiger partial charge on any atom is 0.285 e. The Labute approximate surface area is 121 Å². The van der Waals surface area contributed by atoms with Crippen LogP contribution in [0.15, 0.2) is 18.2 Å². The van der Waals surface area contributed by atoms with Crippen molar-refractivity contribution in [2.75, 3.05) is 19.6 Å². The summed E-state index contributed by atoms with van der Waals surface area (Å²) in [7, 11) is 0. The summed E-state index contributed by atoms with van der Waals surface area (Å²) in [6.07, 6.45) is 1.87. The summed E-state index contributed by atoms with van der Waals surface area (Å²) in [6, 6.07) is 3.54. The Kier molecular flexibility index (Phi) is 3.59. The zero-order chi connectivity index (χ0) is 15.0. The van der Waals surface area contributed by atoms with E-state index in [1.165, 1.54) is 6.07 Å². The van der Waals surface area contributed by atoms with Gasteiger partial charge in [-0.3, -0.25) is 14.9 Å². The van der Waals surface area contributed by atoms with Crippen LogP contribution in [-0.4, -0.2) is 41.4 Å². The molecule has 21 heavy (non-hydrogen) atoms. The van der Waals surface area contributed by atoms with Gasteiger partial charge in [0.2, 0.25) is 0 Å². The molecule has 0 radical (unpaired) electrons. The molecule has 1 amide bonds. The maximum absolute atomic E-state index is 13.2. The summed E-state index contributed by atoms with van der Waals surface area (Å²) < 4.78 is 13.2. The quantitative estimate of drug-likeness (QED) is 0.663. The number of hydrogen-bond acceptors (Lipinski definition) is 4. The minimum Gasteiger partial charge on any atom is -0.338 e. The van der Waals surface area contributed by atoms with E-state index in [9.17, 15) is 19.3 Å². The molecular weight excluding hydrogens is 277 g/mol. The fourth-order valence-electron chi connectivity index (χ4n) is 3.24. The number of piperidine rings is 1. The minimum atomic E-state index is -0.711. The van der Waals surface area contributed by atoms with E-state index in [1.54, 1.807) is 4.90 Å². The third-order valence-electron chi connectivity index (χ3n) is 4.33. The van der Waals surface area contributed by atoms with Gasteiger partial charge in [-0.1, -0.05) is 0 Å². The lowest BCUT2D eigenvalue weighted by molar-refractivity contribution is -0.385. The number of halogens is 1. The molecule has 2 heterocycles. The van der Waals surface area contributed by atoms with Gasteiger partial charge in [-0.05, 0) is 37.4 Å². The normalized spacial score (nSPS) is 24.7. The van der Waals surface area contributed by atoms with Crippen molar-refractivity contribution in [1.29, 1.82) is 0 Å². The summed E-state index contributed by atoms with van der Waals surface area (Å²) in [5, 5.41) is 14.4. The lowest BCUT2D eigenvalue weighted by atomic mass is 9.93. The second kappa shape index (κ2) is 5.40. The lowest BCUT2D eigenvalue weighted by Crippen LogP contribution is -2.47. The first-order chi connectivity index (χ1) is 10.1. The average molecular weight is 293 g/mol. The molecule has 2 unspecified atom stereocenters. The number of nitro benzene ring substituents is 1. The summed E-state index contributed by atoms with van der Waals surface area (Å²) in [5.74, 6) is -0.689. The molecule has 0 saturated carbocycles. The van der Waals surface area contributed by atoms with Crippen LogP contribution < -0.4 is 5.32 Å². The summed E-state index contributed by atoms with van der Waals surface area (Å²) >= 11 is 0. The number of hydrogen-bond donors (Lipinski definition) is 1. The maximum atomic E-state index is 13.2. The van der Waals surface area contributed by atoms with Crippen LogP contribution in [0.1, 0.15) is 23.2 Å². The van der Waals surface area contributed by atoms with Gasteiger partial charge in [0.15, 0.2) is 0 Å². The molecule has 1 aromatic rings. The predicted octanol–water partition coefficient (Wildman–Crippen LogP) is 1.56. The lowest BCUT2D eigenvalue weighted by Gasteiger charge is -2.34. The van der Waals surface area contributed by atoms with E-state index in [4.69, 9.17) is 0 Å². The van der Waals surface area contributed by atoms with Crippen molar-refractivity contribution in [2.45, 2.75) is 18.9 Å². The third-order valence-corrected chi connectivity index (χ3v) is 4.33. The van der Waals surface area contributed by atoms with Crippen LogP contribution >= 0.6 is 0 Å². The number of carbonyl (C=O) groups excluding carboxylic acids is 1. The number of benzene rings is 1. The Morgan fingerprint density at radius 2 is 2.24 bits per heavy atom. The highest BCUT2D eigenvalue weighted by Gasteiger charge is 2.36. The van der Waals surface area contributed by atoms with Crippen molar-refractivity contribution in [3.05, 3.63) is 39.7 Å². The van der Waals surface area contributed by atoms with E-state index in [1.807, 2.05) is 0 Å². The zero-order valence-corrected chi connectivity index (χ0v) is 11.4. The highest BCUT2D eigenvalue weighted by atomic mass is 19.1. The smallest absolute Gasteiger partial charge is 0.285 e. The molecule has 2 atom stereocenters. The summed E-state index contributed by atoms with van der Waals surface area (Å²) in [6.45, 7) is 2.13. The zero-order valence-electron chi connectivity index (χ0n) is 11.4. The van der Waals surface area contributed by atoms with Crippen LogP contribution in [-0.2, 0) is 0 Å². The van der Waals surface area contributed by atoms with Crippen molar-refractivity contribution in [3.8, 4) is 0 Å². The molecule has 7 heteroatoms. The van der Waals surface area contributed by atoms with E-state index >= 15 is 0 Å². The van der Waals surface area contributed by atoms with E-state index in [0.29, 0.717) is 25.0 Å². The molecule has 1 N–H and O–H groups in total. The van der Waals surface area contributed by atoms with Crippen LogP contribution in [0, 0.1) is 21.8 Å². The topological polar surface area (TPSA) is 75.5 Å². The number of nitrogens with zero attached hydrogens (tertiary/aromatic N) is 2. The molecule has 0 bridgehead atoms. The number of rotatable bonds is 2. The second-order valence-corrected chi connectivity index (χ2v) is 5.57. The molecule has 0 aliphatic carbocycles. The first-order valence-electron chi connectivity index (χ1n) is 7.03. The van der Waals surface area contributed by atoms with Crippen LogP contribution in [0.2, 0.25) is 0 Å². The van der Waals surface area contributed by atoms with Gasteiger partial charge in [-0.2, -0.15) is 0 Å². The number of carbonyl (C=O) groups is 1. The molecule has 2 fully saturated rings. The minimum absolute atomic E-state index is 0.0363. The van der Waals surface area contributed by atoms with E-state index in [2.05, 4.69) is 5.32 Å². The first kappa shape index (κ1) is 13.9. The molecule has 2 aliphatic rings. The molecule has 0 spiro atoms. The van der Waals surface area contributed by atoms with Crippen LogP contribution in [0.3, 0.4) is 0 Å². The van der Waals surface area contributed by atoms with Crippen molar-refractivity contribution in [2.24, 2.45) is 5.92 Å². The fourth-order valence-corrected chi connectivity index (χ4v) is 3.24. The van der Waals surface area contributed by atoms with Gasteiger partial charge in [0.25, 0.3) is 11.6 Å².